The number of hydrogen-bond donors (Lipinski definition) is 1. The summed E-state index contributed by atoms with van der Waals surface area (Å²) in [6.07, 6.45) is 3.83. The van der Waals surface area contributed by atoms with E-state index >= 15 is 0 Å². The van der Waals surface area contributed by atoms with Gasteiger partial charge in [0, 0.05) is 26.2 Å². The second-order valence-corrected chi connectivity index (χ2v) is 4.06. The Hall–Kier alpha value is -1.13. The minimum atomic E-state index is 0.676. The molecule has 0 atom stereocenters. The van der Waals surface area contributed by atoms with Gasteiger partial charge in [-0.2, -0.15) is 0 Å². The highest BCUT2D eigenvalue weighted by atomic mass is 16.5. The van der Waals surface area contributed by atoms with Gasteiger partial charge in [-0.1, -0.05) is 6.92 Å². The van der Waals surface area contributed by atoms with Crippen LogP contribution in [0.5, 0.6) is 5.75 Å². The van der Waals surface area contributed by atoms with E-state index in [1.54, 1.807) is 6.20 Å². The largest absolute Gasteiger partial charge is 0.492 e. The summed E-state index contributed by atoms with van der Waals surface area (Å²) in [7, 11) is 0. The van der Waals surface area contributed by atoms with Gasteiger partial charge >= 0.3 is 0 Å². The standard InChI is InChI=1S/C14H24N2O2/c1-3-8-15-11-13-6-7-14(12-16-13)18-10-5-9-17-4-2/h6-7,12,15H,3-5,8-11H2,1-2H3. The van der Waals surface area contributed by atoms with Gasteiger partial charge < -0.3 is 14.8 Å². The third-order valence-electron chi connectivity index (χ3n) is 2.44. The van der Waals surface area contributed by atoms with Gasteiger partial charge in [0.25, 0.3) is 0 Å². The van der Waals surface area contributed by atoms with Crippen LogP contribution < -0.4 is 10.1 Å². The van der Waals surface area contributed by atoms with Gasteiger partial charge in [0.2, 0.25) is 0 Å². The molecular weight excluding hydrogens is 228 g/mol. The van der Waals surface area contributed by atoms with Crippen LogP contribution in [0.3, 0.4) is 0 Å². The number of hydrogen-bond acceptors (Lipinski definition) is 4. The Bertz CT molecular complexity index is 301. The van der Waals surface area contributed by atoms with Crippen LogP contribution >= 0.6 is 0 Å². The summed E-state index contributed by atoms with van der Waals surface area (Å²) in [5.74, 6) is 0.825. The van der Waals surface area contributed by atoms with E-state index in [9.17, 15) is 0 Å². The molecule has 0 aliphatic rings. The van der Waals surface area contributed by atoms with Crippen LogP contribution in [0.15, 0.2) is 18.3 Å². The number of pyridine rings is 1. The second kappa shape index (κ2) is 9.85. The topological polar surface area (TPSA) is 43.4 Å². The average molecular weight is 252 g/mol. The minimum absolute atomic E-state index is 0.676. The van der Waals surface area contributed by atoms with Gasteiger partial charge in [-0.15, -0.1) is 0 Å². The maximum Gasteiger partial charge on any atom is 0.137 e. The lowest BCUT2D eigenvalue weighted by molar-refractivity contribution is 0.131. The molecule has 1 aromatic rings. The Kier molecular flexibility index (Phi) is 8.17. The summed E-state index contributed by atoms with van der Waals surface area (Å²) in [5, 5.41) is 3.32. The van der Waals surface area contributed by atoms with E-state index in [4.69, 9.17) is 9.47 Å². The average Bonchev–Trinajstić information content (AvgIpc) is 2.40. The van der Waals surface area contributed by atoms with Crippen molar-refractivity contribution in [2.24, 2.45) is 0 Å². The molecule has 102 valence electrons. The van der Waals surface area contributed by atoms with E-state index < -0.39 is 0 Å². The highest BCUT2D eigenvalue weighted by Crippen LogP contribution is 2.09. The maximum atomic E-state index is 5.57. The van der Waals surface area contributed by atoms with Crippen LogP contribution in [0.25, 0.3) is 0 Å². The number of nitrogens with zero attached hydrogens (tertiary/aromatic N) is 1. The monoisotopic (exact) mass is 252 g/mol. The molecular formula is C14H24N2O2. The summed E-state index contributed by atoms with van der Waals surface area (Å²) in [5.41, 5.74) is 1.05. The summed E-state index contributed by atoms with van der Waals surface area (Å²) in [4.78, 5) is 4.35. The first-order valence-electron chi connectivity index (χ1n) is 6.73. The fourth-order valence-electron chi connectivity index (χ4n) is 1.49. The molecule has 0 spiro atoms. The van der Waals surface area contributed by atoms with Gasteiger partial charge in [-0.3, -0.25) is 4.98 Å². The molecule has 0 aliphatic carbocycles. The zero-order valence-corrected chi connectivity index (χ0v) is 11.4. The molecule has 0 saturated heterocycles. The summed E-state index contributed by atoms with van der Waals surface area (Å²) >= 11 is 0. The molecule has 18 heavy (non-hydrogen) atoms. The molecule has 1 rings (SSSR count). The van der Waals surface area contributed by atoms with Crippen molar-refractivity contribution in [3.05, 3.63) is 24.0 Å². The van der Waals surface area contributed by atoms with Crippen molar-refractivity contribution >= 4 is 0 Å². The Morgan fingerprint density at radius 3 is 2.78 bits per heavy atom. The molecule has 4 heteroatoms. The van der Waals surface area contributed by atoms with E-state index in [0.717, 1.165) is 50.6 Å². The smallest absolute Gasteiger partial charge is 0.137 e. The van der Waals surface area contributed by atoms with Gasteiger partial charge in [0.1, 0.15) is 5.75 Å². The van der Waals surface area contributed by atoms with Crippen molar-refractivity contribution in [2.75, 3.05) is 26.4 Å². The van der Waals surface area contributed by atoms with Crippen molar-refractivity contribution in [1.82, 2.24) is 10.3 Å². The van der Waals surface area contributed by atoms with Crippen molar-refractivity contribution in [1.29, 1.82) is 0 Å². The van der Waals surface area contributed by atoms with Crippen molar-refractivity contribution in [2.45, 2.75) is 33.2 Å². The Balaban J connectivity index is 2.19. The van der Waals surface area contributed by atoms with Crippen LogP contribution in [0.4, 0.5) is 0 Å². The predicted molar refractivity (Wildman–Crippen MR) is 72.8 cm³/mol. The normalized spacial score (nSPS) is 10.6. The van der Waals surface area contributed by atoms with E-state index in [1.807, 2.05) is 19.1 Å². The first kappa shape index (κ1) is 14.9. The molecule has 0 aliphatic heterocycles. The Morgan fingerprint density at radius 1 is 1.22 bits per heavy atom. The van der Waals surface area contributed by atoms with Crippen molar-refractivity contribution in [3.8, 4) is 5.75 Å². The Labute approximate surface area is 110 Å². The lowest BCUT2D eigenvalue weighted by Gasteiger charge is -2.07. The number of ether oxygens (including phenoxy) is 2. The highest BCUT2D eigenvalue weighted by Gasteiger charge is 1.97. The van der Waals surface area contributed by atoms with Crippen LogP contribution in [-0.4, -0.2) is 31.3 Å². The molecule has 1 N–H and O–H groups in total. The third-order valence-corrected chi connectivity index (χ3v) is 2.44. The third kappa shape index (κ3) is 6.57. The second-order valence-electron chi connectivity index (χ2n) is 4.06. The molecule has 0 fully saturated rings. The molecule has 0 amide bonds. The molecule has 4 nitrogen and oxygen atoms in total. The minimum Gasteiger partial charge on any atom is -0.492 e. The lowest BCUT2D eigenvalue weighted by atomic mass is 10.3. The highest BCUT2D eigenvalue weighted by molar-refractivity contribution is 5.19. The maximum absolute atomic E-state index is 5.57. The fourth-order valence-corrected chi connectivity index (χ4v) is 1.49. The fraction of sp³-hybridized carbons (Fsp3) is 0.643. The van der Waals surface area contributed by atoms with Gasteiger partial charge in [-0.05, 0) is 32.0 Å². The summed E-state index contributed by atoms with van der Waals surface area (Å²) in [6.45, 7) is 8.19. The zero-order chi connectivity index (χ0) is 13.1. The molecule has 0 saturated carbocycles. The number of aromatic nitrogens is 1. The quantitative estimate of drug-likeness (QED) is 0.649. The molecule has 1 heterocycles. The number of rotatable bonds is 10. The summed E-state index contributed by atoms with van der Waals surface area (Å²) < 4.78 is 10.8. The van der Waals surface area contributed by atoms with Gasteiger partial charge in [0.15, 0.2) is 0 Å². The van der Waals surface area contributed by atoms with Gasteiger partial charge in [0.05, 0.1) is 18.5 Å². The zero-order valence-electron chi connectivity index (χ0n) is 11.4. The van der Waals surface area contributed by atoms with Crippen LogP contribution in [-0.2, 0) is 11.3 Å². The van der Waals surface area contributed by atoms with Crippen LogP contribution in [0.2, 0.25) is 0 Å². The Morgan fingerprint density at radius 2 is 2.11 bits per heavy atom. The SMILES string of the molecule is CCCNCc1ccc(OCCCOCC)cn1. The van der Waals surface area contributed by atoms with Crippen molar-refractivity contribution < 1.29 is 9.47 Å². The number of nitrogens with one attached hydrogen (secondary N) is 1. The first-order valence-corrected chi connectivity index (χ1v) is 6.73. The van der Waals surface area contributed by atoms with Crippen LogP contribution in [0.1, 0.15) is 32.4 Å². The predicted octanol–water partition coefficient (Wildman–Crippen LogP) is 2.39. The van der Waals surface area contributed by atoms with E-state index in [1.165, 1.54) is 0 Å². The molecule has 0 bridgehead atoms. The lowest BCUT2D eigenvalue weighted by Crippen LogP contribution is -2.14. The van der Waals surface area contributed by atoms with Crippen molar-refractivity contribution in [3.63, 3.8) is 0 Å². The van der Waals surface area contributed by atoms with E-state index in [2.05, 4.69) is 17.2 Å². The molecule has 0 unspecified atom stereocenters. The molecule has 0 aromatic carbocycles. The molecule has 0 radical (unpaired) electrons. The van der Waals surface area contributed by atoms with E-state index in [-0.39, 0.29) is 0 Å². The van der Waals surface area contributed by atoms with E-state index in [0.29, 0.717) is 6.61 Å². The van der Waals surface area contributed by atoms with Crippen LogP contribution in [0, 0.1) is 0 Å². The first-order chi connectivity index (χ1) is 8.86. The van der Waals surface area contributed by atoms with Gasteiger partial charge in [-0.25, -0.2) is 0 Å². The summed E-state index contributed by atoms with van der Waals surface area (Å²) in [6, 6.07) is 3.97. The molecule has 1 aromatic heterocycles.